The molecule has 6 heteroatoms. The Morgan fingerprint density at radius 3 is 2.55 bits per heavy atom. The Balaban J connectivity index is 2.18. The Hall–Kier alpha value is -2.60. The molecule has 0 aliphatic heterocycles. The van der Waals surface area contributed by atoms with Crippen molar-refractivity contribution in [1.82, 2.24) is 0 Å². The quantitative estimate of drug-likeness (QED) is 0.405. The summed E-state index contributed by atoms with van der Waals surface area (Å²) in [6.45, 7) is 0. The standard InChI is InChI=1S/C14H11N3O2S/c15-14(20)11-4-6-12(7-5-11)16-9-10-2-1-3-13(8-10)17(18)19/h1-9H,(H2,15,20). The number of nitrogens with two attached hydrogens (primary N) is 1. The minimum Gasteiger partial charge on any atom is -0.389 e. The molecule has 2 aromatic rings. The third-order valence-electron chi connectivity index (χ3n) is 2.60. The van der Waals surface area contributed by atoms with Crippen molar-refractivity contribution in [1.29, 1.82) is 0 Å². The Kier molecular flexibility index (Phi) is 4.17. The molecule has 0 heterocycles. The highest BCUT2D eigenvalue weighted by Gasteiger charge is 2.03. The van der Waals surface area contributed by atoms with Crippen LogP contribution < -0.4 is 5.73 Å². The summed E-state index contributed by atoms with van der Waals surface area (Å²) in [5.41, 5.74) is 7.70. The number of rotatable bonds is 4. The van der Waals surface area contributed by atoms with Gasteiger partial charge in [0.15, 0.2) is 0 Å². The van der Waals surface area contributed by atoms with E-state index in [9.17, 15) is 10.1 Å². The predicted octanol–water partition coefficient (Wildman–Crippen LogP) is 2.98. The monoisotopic (exact) mass is 285 g/mol. The Labute approximate surface area is 120 Å². The number of hydrogen-bond donors (Lipinski definition) is 1. The van der Waals surface area contributed by atoms with Gasteiger partial charge in [0.2, 0.25) is 0 Å². The van der Waals surface area contributed by atoms with E-state index in [1.165, 1.54) is 12.1 Å². The SMILES string of the molecule is NC(=S)c1ccc(N=Cc2cccc([N+](=O)[O-])c2)cc1. The summed E-state index contributed by atoms with van der Waals surface area (Å²) in [6.07, 6.45) is 1.57. The zero-order valence-corrected chi connectivity index (χ0v) is 11.2. The lowest BCUT2D eigenvalue weighted by Gasteiger charge is -1.98. The van der Waals surface area contributed by atoms with Gasteiger partial charge in [-0.25, -0.2) is 0 Å². The van der Waals surface area contributed by atoms with Gasteiger partial charge in [-0.2, -0.15) is 0 Å². The molecule has 0 aliphatic rings. The second-order valence-corrected chi connectivity index (χ2v) is 4.46. The number of non-ortho nitro benzene ring substituents is 1. The minimum atomic E-state index is -0.436. The maximum atomic E-state index is 10.7. The fraction of sp³-hybridized carbons (Fsp3) is 0. The van der Waals surface area contributed by atoms with Gasteiger partial charge in [0.05, 0.1) is 10.6 Å². The molecule has 0 atom stereocenters. The summed E-state index contributed by atoms with van der Waals surface area (Å²) in [6, 6.07) is 13.4. The van der Waals surface area contributed by atoms with Gasteiger partial charge in [0.1, 0.15) is 4.99 Å². The Bertz CT molecular complexity index is 681. The molecule has 0 fully saturated rings. The summed E-state index contributed by atoms with van der Waals surface area (Å²) in [5, 5.41) is 10.7. The van der Waals surface area contributed by atoms with Crippen LogP contribution in [0.15, 0.2) is 53.5 Å². The van der Waals surface area contributed by atoms with E-state index in [1.807, 2.05) is 0 Å². The first-order chi connectivity index (χ1) is 9.56. The van der Waals surface area contributed by atoms with Gasteiger partial charge in [0, 0.05) is 23.9 Å². The van der Waals surface area contributed by atoms with Crippen molar-refractivity contribution in [3.8, 4) is 0 Å². The molecule has 0 saturated carbocycles. The van der Waals surface area contributed by atoms with Crippen LogP contribution in [0.3, 0.4) is 0 Å². The summed E-state index contributed by atoms with van der Waals surface area (Å²) < 4.78 is 0. The van der Waals surface area contributed by atoms with Gasteiger partial charge in [-0.3, -0.25) is 15.1 Å². The van der Waals surface area contributed by atoms with Crippen LogP contribution in [0.5, 0.6) is 0 Å². The van der Waals surface area contributed by atoms with Crippen molar-refractivity contribution < 1.29 is 4.92 Å². The van der Waals surface area contributed by atoms with Gasteiger partial charge in [-0.05, 0) is 29.8 Å². The molecular formula is C14H11N3O2S. The van der Waals surface area contributed by atoms with Crippen LogP contribution in [0.2, 0.25) is 0 Å². The van der Waals surface area contributed by atoms with E-state index in [2.05, 4.69) is 4.99 Å². The number of hydrogen-bond acceptors (Lipinski definition) is 4. The number of aliphatic imine (C=N–C) groups is 1. The van der Waals surface area contributed by atoms with Gasteiger partial charge < -0.3 is 5.73 Å². The number of nitro groups is 1. The molecule has 0 radical (unpaired) electrons. The van der Waals surface area contributed by atoms with Crippen molar-refractivity contribution >= 4 is 34.8 Å². The molecule has 2 N–H and O–H groups in total. The lowest BCUT2D eigenvalue weighted by molar-refractivity contribution is -0.384. The Morgan fingerprint density at radius 2 is 1.95 bits per heavy atom. The van der Waals surface area contributed by atoms with Gasteiger partial charge in [-0.15, -0.1) is 0 Å². The van der Waals surface area contributed by atoms with Crippen LogP contribution in [0.25, 0.3) is 0 Å². The van der Waals surface area contributed by atoms with Crippen molar-refractivity contribution in [2.45, 2.75) is 0 Å². The Morgan fingerprint density at radius 1 is 1.25 bits per heavy atom. The molecular weight excluding hydrogens is 274 g/mol. The maximum Gasteiger partial charge on any atom is 0.270 e. The third kappa shape index (κ3) is 3.46. The van der Waals surface area contributed by atoms with Gasteiger partial charge in [0.25, 0.3) is 5.69 Å². The van der Waals surface area contributed by atoms with E-state index in [0.29, 0.717) is 10.6 Å². The van der Waals surface area contributed by atoms with Crippen molar-refractivity contribution in [3.63, 3.8) is 0 Å². The molecule has 0 unspecified atom stereocenters. The fourth-order valence-corrected chi connectivity index (χ4v) is 1.72. The summed E-state index contributed by atoms with van der Waals surface area (Å²) in [5.74, 6) is 0. The fourth-order valence-electron chi connectivity index (χ4n) is 1.58. The average molecular weight is 285 g/mol. The van der Waals surface area contributed by atoms with Crippen LogP contribution in [0, 0.1) is 10.1 Å². The van der Waals surface area contributed by atoms with E-state index in [0.717, 1.165) is 11.3 Å². The highest BCUT2D eigenvalue weighted by molar-refractivity contribution is 7.80. The topological polar surface area (TPSA) is 81.5 Å². The van der Waals surface area contributed by atoms with E-state index in [4.69, 9.17) is 18.0 Å². The van der Waals surface area contributed by atoms with Crippen LogP contribution in [-0.2, 0) is 0 Å². The molecule has 0 aromatic heterocycles. The number of benzene rings is 2. The third-order valence-corrected chi connectivity index (χ3v) is 2.83. The maximum absolute atomic E-state index is 10.7. The number of nitrogens with zero attached hydrogens (tertiary/aromatic N) is 2. The van der Waals surface area contributed by atoms with Gasteiger partial charge in [-0.1, -0.05) is 24.4 Å². The van der Waals surface area contributed by atoms with Crippen LogP contribution in [0.4, 0.5) is 11.4 Å². The van der Waals surface area contributed by atoms with Crippen LogP contribution >= 0.6 is 12.2 Å². The lowest BCUT2D eigenvalue weighted by atomic mass is 10.2. The first-order valence-electron chi connectivity index (χ1n) is 5.74. The van der Waals surface area contributed by atoms with Gasteiger partial charge >= 0.3 is 0 Å². The molecule has 0 aliphatic carbocycles. The summed E-state index contributed by atoms with van der Waals surface area (Å²) in [7, 11) is 0. The number of thiocarbonyl (C=S) groups is 1. The highest BCUT2D eigenvalue weighted by atomic mass is 32.1. The highest BCUT2D eigenvalue weighted by Crippen LogP contribution is 2.15. The molecule has 0 spiro atoms. The van der Waals surface area contributed by atoms with E-state index in [-0.39, 0.29) is 5.69 Å². The van der Waals surface area contributed by atoms with E-state index in [1.54, 1.807) is 42.6 Å². The van der Waals surface area contributed by atoms with Crippen LogP contribution in [0.1, 0.15) is 11.1 Å². The van der Waals surface area contributed by atoms with Crippen LogP contribution in [-0.4, -0.2) is 16.1 Å². The largest absolute Gasteiger partial charge is 0.389 e. The average Bonchev–Trinajstić information content (AvgIpc) is 2.46. The molecule has 0 amide bonds. The second-order valence-electron chi connectivity index (χ2n) is 4.02. The first kappa shape index (κ1) is 13.8. The van der Waals surface area contributed by atoms with E-state index < -0.39 is 4.92 Å². The molecule has 20 heavy (non-hydrogen) atoms. The summed E-state index contributed by atoms with van der Waals surface area (Å²) in [4.78, 5) is 14.8. The van der Waals surface area contributed by atoms with Crippen molar-refractivity contribution in [2.75, 3.05) is 0 Å². The zero-order valence-electron chi connectivity index (χ0n) is 10.4. The molecule has 2 aromatic carbocycles. The molecule has 2 rings (SSSR count). The van der Waals surface area contributed by atoms with Crippen molar-refractivity contribution in [3.05, 3.63) is 69.8 Å². The molecule has 100 valence electrons. The lowest BCUT2D eigenvalue weighted by Crippen LogP contribution is -2.08. The molecule has 5 nitrogen and oxygen atoms in total. The first-order valence-corrected chi connectivity index (χ1v) is 6.15. The smallest absolute Gasteiger partial charge is 0.270 e. The zero-order chi connectivity index (χ0) is 14.5. The second kappa shape index (κ2) is 6.03. The van der Waals surface area contributed by atoms with Crippen molar-refractivity contribution in [2.24, 2.45) is 10.7 Å². The predicted molar refractivity (Wildman–Crippen MR) is 82.7 cm³/mol. The summed E-state index contributed by atoms with van der Waals surface area (Å²) >= 11 is 4.86. The molecule has 0 bridgehead atoms. The number of nitro benzene ring substituents is 1. The normalized spacial score (nSPS) is 10.6. The van der Waals surface area contributed by atoms with E-state index >= 15 is 0 Å². The molecule has 0 saturated heterocycles. The minimum absolute atomic E-state index is 0.0396.